The predicted molar refractivity (Wildman–Crippen MR) is 88.6 cm³/mol. The van der Waals surface area contributed by atoms with Crippen LogP contribution in [0.5, 0.6) is 0 Å². The quantitative estimate of drug-likeness (QED) is 0.454. The van der Waals surface area contributed by atoms with Crippen molar-refractivity contribution in [2.45, 2.75) is 18.8 Å². The van der Waals surface area contributed by atoms with Gasteiger partial charge in [-0.1, -0.05) is 23.7 Å². The monoisotopic (exact) mass is 331 g/mol. The minimum absolute atomic E-state index is 0.134. The van der Waals surface area contributed by atoms with Crippen molar-refractivity contribution >= 4 is 28.6 Å². The van der Waals surface area contributed by atoms with E-state index in [0.717, 1.165) is 28.3 Å². The maximum atomic E-state index is 9.09. The number of nitriles is 1. The second kappa shape index (κ2) is 5.97. The molecule has 1 saturated carbocycles. The van der Waals surface area contributed by atoms with E-state index in [1.807, 2.05) is 30.3 Å². The fourth-order valence-corrected chi connectivity index (χ4v) is 3.53. The number of nitrogens with zero attached hydrogens (tertiary/aromatic N) is 2. The van der Waals surface area contributed by atoms with Gasteiger partial charge in [0.2, 0.25) is 0 Å². The summed E-state index contributed by atoms with van der Waals surface area (Å²) in [7, 11) is 0. The van der Waals surface area contributed by atoms with Crippen LogP contribution in [0.3, 0.4) is 0 Å². The molecule has 0 spiro atoms. The molecule has 1 heterocycles. The average molecular weight is 332 g/mol. The van der Waals surface area contributed by atoms with Gasteiger partial charge in [0.15, 0.2) is 5.70 Å². The number of thiazole rings is 1. The lowest BCUT2D eigenvalue weighted by molar-refractivity contribution is 0.918. The highest BCUT2D eigenvalue weighted by atomic mass is 35.5. The van der Waals surface area contributed by atoms with Crippen LogP contribution in [-0.4, -0.2) is 4.98 Å². The molecule has 5 N–H and O–H groups in total. The van der Waals surface area contributed by atoms with Crippen LogP contribution in [0.15, 0.2) is 30.0 Å². The molecule has 0 amide bonds. The molecule has 22 heavy (non-hydrogen) atoms. The molecule has 0 atom stereocenters. The Balaban J connectivity index is 2.09. The number of nitrogens with two attached hydrogens (primary N) is 2. The number of aromatic nitrogens is 1. The van der Waals surface area contributed by atoms with Crippen LogP contribution >= 0.6 is 22.9 Å². The van der Waals surface area contributed by atoms with Gasteiger partial charge in [-0.15, -0.1) is 11.3 Å². The summed E-state index contributed by atoms with van der Waals surface area (Å²) in [6, 6.07) is 9.47. The van der Waals surface area contributed by atoms with Crippen molar-refractivity contribution in [1.82, 2.24) is 10.4 Å². The fraction of sp³-hybridized carbons (Fsp3) is 0.200. The molecule has 2 aromatic rings. The summed E-state index contributed by atoms with van der Waals surface area (Å²) in [5.41, 5.74) is 10.5. The van der Waals surface area contributed by atoms with Crippen LogP contribution in [0.25, 0.3) is 16.3 Å². The van der Waals surface area contributed by atoms with Gasteiger partial charge in [0, 0.05) is 15.5 Å². The second-order valence-electron chi connectivity index (χ2n) is 5.06. The normalized spacial score (nSPS) is 15.1. The van der Waals surface area contributed by atoms with Crippen LogP contribution in [0.4, 0.5) is 0 Å². The minimum atomic E-state index is 0.134. The minimum Gasteiger partial charge on any atom is -0.395 e. The van der Waals surface area contributed by atoms with Gasteiger partial charge in [-0.3, -0.25) is 0 Å². The first-order valence-electron chi connectivity index (χ1n) is 6.77. The molecule has 0 bridgehead atoms. The smallest absolute Gasteiger partial charge is 0.153 e. The highest BCUT2D eigenvalue weighted by Crippen LogP contribution is 2.47. The second-order valence-corrected chi connectivity index (χ2v) is 6.52. The topological polar surface area (TPSA) is 101 Å². The van der Waals surface area contributed by atoms with Gasteiger partial charge >= 0.3 is 0 Å². The first-order valence-corrected chi connectivity index (χ1v) is 7.97. The van der Waals surface area contributed by atoms with Crippen molar-refractivity contribution in [3.8, 4) is 16.6 Å². The van der Waals surface area contributed by atoms with Crippen LogP contribution in [0, 0.1) is 11.3 Å². The van der Waals surface area contributed by atoms with E-state index in [1.165, 1.54) is 0 Å². The third-order valence-corrected chi connectivity index (χ3v) is 4.99. The molecule has 1 aliphatic rings. The van der Waals surface area contributed by atoms with E-state index in [1.54, 1.807) is 11.3 Å². The number of allylic oxidation sites excluding steroid dienone is 1. The van der Waals surface area contributed by atoms with Gasteiger partial charge in [-0.25, -0.2) is 10.8 Å². The summed E-state index contributed by atoms with van der Waals surface area (Å²) in [5, 5.41) is 10.6. The van der Waals surface area contributed by atoms with E-state index in [0.29, 0.717) is 22.3 Å². The Bertz CT molecular complexity index is 768. The molecule has 0 saturated heterocycles. The maximum absolute atomic E-state index is 9.09. The summed E-state index contributed by atoms with van der Waals surface area (Å²) in [4.78, 5) is 5.75. The Hall–Kier alpha value is -2.07. The number of hydrazine groups is 1. The van der Waals surface area contributed by atoms with Gasteiger partial charge in [0.25, 0.3) is 0 Å². The van der Waals surface area contributed by atoms with E-state index >= 15 is 0 Å². The molecule has 1 aromatic heterocycles. The number of rotatable bonds is 4. The Labute approximate surface area is 137 Å². The lowest BCUT2D eigenvalue weighted by Gasteiger charge is -2.04. The molecule has 5 nitrogen and oxygen atoms in total. The van der Waals surface area contributed by atoms with E-state index in [4.69, 9.17) is 28.4 Å². The third kappa shape index (κ3) is 2.79. The molecule has 0 radical (unpaired) electrons. The average Bonchev–Trinajstić information content (AvgIpc) is 3.28. The van der Waals surface area contributed by atoms with Crippen LogP contribution in [-0.2, 0) is 0 Å². The summed E-state index contributed by atoms with van der Waals surface area (Å²) in [6.45, 7) is 0. The Morgan fingerprint density at radius 3 is 2.59 bits per heavy atom. The molecule has 1 aromatic carbocycles. The number of hydrogen-bond acceptors (Lipinski definition) is 6. The Morgan fingerprint density at radius 2 is 2.05 bits per heavy atom. The van der Waals surface area contributed by atoms with Gasteiger partial charge in [-0.05, 0) is 30.9 Å². The standard InChI is InChI=1S/C15H14ClN5S/c16-10-5-3-9(4-6-10)15-20-13(12(18)11(7-17)21-19)14(22-15)8-1-2-8/h3-6,8,21H,1-2,18-19H2/b12-11-. The number of benzene rings is 1. The highest BCUT2D eigenvalue weighted by Gasteiger charge is 2.31. The lowest BCUT2D eigenvalue weighted by Crippen LogP contribution is -2.23. The first-order chi connectivity index (χ1) is 10.6. The zero-order chi connectivity index (χ0) is 15.7. The molecule has 0 unspecified atom stereocenters. The van der Waals surface area contributed by atoms with Crippen molar-refractivity contribution in [2.24, 2.45) is 11.6 Å². The first kappa shape index (κ1) is 14.9. The third-order valence-electron chi connectivity index (χ3n) is 3.47. The maximum Gasteiger partial charge on any atom is 0.153 e. The van der Waals surface area contributed by atoms with Crippen LogP contribution in [0.1, 0.15) is 29.3 Å². The summed E-state index contributed by atoms with van der Waals surface area (Å²) < 4.78 is 0. The molecule has 112 valence electrons. The van der Waals surface area contributed by atoms with Crippen LogP contribution < -0.4 is 17.0 Å². The van der Waals surface area contributed by atoms with Crippen molar-refractivity contribution in [3.05, 3.63) is 45.6 Å². The van der Waals surface area contributed by atoms with E-state index in [9.17, 15) is 0 Å². The number of halogens is 1. The van der Waals surface area contributed by atoms with Gasteiger partial charge in [0.05, 0.1) is 5.70 Å². The molecular weight excluding hydrogens is 318 g/mol. The summed E-state index contributed by atoms with van der Waals surface area (Å²) in [5.74, 6) is 5.83. The summed E-state index contributed by atoms with van der Waals surface area (Å²) >= 11 is 7.53. The molecular formula is C15H14ClN5S. The zero-order valence-electron chi connectivity index (χ0n) is 11.6. The van der Waals surface area contributed by atoms with Crippen molar-refractivity contribution < 1.29 is 0 Å². The molecule has 1 fully saturated rings. The molecule has 3 rings (SSSR count). The van der Waals surface area contributed by atoms with E-state index in [-0.39, 0.29) is 5.70 Å². The summed E-state index contributed by atoms with van der Waals surface area (Å²) in [6.07, 6.45) is 2.25. The van der Waals surface area contributed by atoms with Gasteiger partial charge < -0.3 is 11.2 Å². The van der Waals surface area contributed by atoms with Crippen molar-refractivity contribution in [3.63, 3.8) is 0 Å². The van der Waals surface area contributed by atoms with E-state index in [2.05, 4.69) is 10.4 Å². The fourth-order valence-electron chi connectivity index (χ4n) is 2.15. The van der Waals surface area contributed by atoms with E-state index < -0.39 is 0 Å². The number of nitrogens with one attached hydrogen (secondary N) is 1. The zero-order valence-corrected chi connectivity index (χ0v) is 13.2. The van der Waals surface area contributed by atoms with Crippen LogP contribution in [0.2, 0.25) is 5.02 Å². The SMILES string of the molecule is N#C/C(NN)=C(/N)c1nc(-c2ccc(Cl)cc2)sc1C1CC1. The largest absolute Gasteiger partial charge is 0.395 e. The predicted octanol–water partition coefficient (Wildman–Crippen LogP) is 2.96. The molecule has 7 heteroatoms. The Morgan fingerprint density at radius 1 is 1.36 bits per heavy atom. The van der Waals surface area contributed by atoms with Crippen molar-refractivity contribution in [1.29, 1.82) is 5.26 Å². The van der Waals surface area contributed by atoms with Gasteiger partial charge in [-0.2, -0.15) is 5.26 Å². The van der Waals surface area contributed by atoms with Crippen molar-refractivity contribution in [2.75, 3.05) is 0 Å². The lowest BCUT2D eigenvalue weighted by atomic mass is 10.2. The molecule has 0 aliphatic heterocycles. The van der Waals surface area contributed by atoms with Gasteiger partial charge in [0.1, 0.15) is 16.8 Å². The highest BCUT2D eigenvalue weighted by molar-refractivity contribution is 7.15. The molecule has 1 aliphatic carbocycles. The number of hydrogen-bond donors (Lipinski definition) is 3. The Kier molecular flexibility index (Phi) is 4.03.